The van der Waals surface area contributed by atoms with Gasteiger partial charge in [0.15, 0.2) is 10.9 Å². The molecule has 10 heteroatoms. The lowest BCUT2D eigenvalue weighted by molar-refractivity contribution is 0.0950. The average Bonchev–Trinajstić information content (AvgIpc) is 3.34. The van der Waals surface area contributed by atoms with Gasteiger partial charge in [0.25, 0.3) is 11.8 Å². The number of thiophene rings is 1. The number of nitrogens with one attached hydrogen (secondary N) is 2. The molecule has 1 atom stereocenters. The molecule has 3 aromatic rings. The summed E-state index contributed by atoms with van der Waals surface area (Å²) in [4.78, 5) is 25.8. The van der Waals surface area contributed by atoms with Crippen molar-refractivity contribution in [3.8, 4) is 11.3 Å². The lowest BCUT2D eigenvalue weighted by atomic mass is 9.88. The third-order valence-electron chi connectivity index (χ3n) is 5.24. The molecule has 1 aliphatic rings. The number of hydrogen-bond acceptors (Lipinski definition) is 5. The predicted molar refractivity (Wildman–Crippen MR) is 132 cm³/mol. The second-order valence-corrected chi connectivity index (χ2v) is 9.97. The highest BCUT2D eigenvalue weighted by atomic mass is 35.5. The highest BCUT2D eigenvalue weighted by Crippen LogP contribution is 2.39. The fourth-order valence-corrected chi connectivity index (χ4v) is 5.75. The fraction of sp³-hybridized carbons (Fsp3) is 0.227. The molecule has 2 amide bonds. The van der Waals surface area contributed by atoms with Crippen LogP contribution in [0.3, 0.4) is 0 Å². The topological polar surface area (TPSA) is 97.4 Å². The summed E-state index contributed by atoms with van der Waals surface area (Å²) in [6.07, 6.45) is 2.69. The molecule has 4 rings (SSSR count). The van der Waals surface area contributed by atoms with Gasteiger partial charge in [-0.2, -0.15) is 0 Å². The summed E-state index contributed by atoms with van der Waals surface area (Å²) in [6.45, 7) is 2.18. The molecule has 2 heterocycles. The number of amides is 2. The number of anilines is 1. The molecule has 0 saturated heterocycles. The third-order valence-corrected chi connectivity index (χ3v) is 7.17. The van der Waals surface area contributed by atoms with Crippen LogP contribution in [0.5, 0.6) is 0 Å². The lowest BCUT2D eigenvalue weighted by Gasteiger charge is -2.18. The van der Waals surface area contributed by atoms with Gasteiger partial charge in [0.05, 0.1) is 10.6 Å². The van der Waals surface area contributed by atoms with E-state index < -0.39 is 11.8 Å². The van der Waals surface area contributed by atoms with Crippen LogP contribution in [0.25, 0.3) is 11.3 Å². The summed E-state index contributed by atoms with van der Waals surface area (Å²) in [5.41, 5.74) is 7.63. The van der Waals surface area contributed by atoms with Crippen molar-refractivity contribution in [1.82, 2.24) is 5.32 Å². The molecule has 2 aromatic heterocycles. The Hall–Kier alpha value is -2.39. The zero-order chi connectivity index (χ0) is 23.0. The maximum Gasteiger partial charge on any atom is 0.293 e. The highest BCUT2D eigenvalue weighted by molar-refractivity contribution is 7.80. The third kappa shape index (κ3) is 4.68. The van der Waals surface area contributed by atoms with E-state index in [0.29, 0.717) is 37.9 Å². The van der Waals surface area contributed by atoms with Gasteiger partial charge in [-0.05, 0) is 73.3 Å². The molecule has 0 saturated carbocycles. The predicted octanol–water partition coefficient (Wildman–Crippen LogP) is 5.67. The van der Waals surface area contributed by atoms with Gasteiger partial charge in [-0.15, -0.1) is 11.3 Å². The molecular weight excluding hydrogens is 489 g/mol. The van der Waals surface area contributed by atoms with E-state index in [0.717, 1.165) is 29.7 Å². The monoisotopic (exact) mass is 507 g/mol. The van der Waals surface area contributed by atoms with Crippen LogP contribution >= 0.6 is 46.8 Å². The van der Waals surface area contributed by atoms with Crippen LogP contribution in [-0.2, 0) is 12.8 Å². The quantitative estimate of drug-likeness (QED) is 0.395. The molecule has 0 aliphatic heterocycles. The number of rotatable bonds is 4. The van der Waals surface area contributed by atoms with Gasteiger partial charge in [0.2, 0.25) is 0 Å². The Balaban J connectivity index is 1.49. The van der Waals surface area contributed by atoms with Crippen molar-refractivity contribution in [3.05, 3.63) is 62.1 Å². The Morgan fingerprint density at radius 2 is 2.03 bits per heavy atom. The minimum atomic E-state index is -0.539. The largest absolute Gasteiger partial charge is 0.451 e. The SMILES string of the molecule is C[C@@H]1CCc2c(sc(NC(=S)NC(=O)c3ccc(-c4cc(Cl)ccc4Cl)o3)c2C(N)=O)C1. The van der Waals surface area contributed by atoms with Gasteiger partial charge >= 0.3 is 0 Å². The van der Waals surface area contributed by atoms with Crippen LogP contribution < -0.4 is 16.4 Å². The smallest absolute Gasteiger partial charge is 0.293 e. The van der Waals surface area contributed by atoms with Crippen LogP contribution in [-0.4, -0.2) is 16.9 Å². The standard InChI is InChI=1S/C22H19Cl2N3O3S2/c1-10-2-4-12-17(8-10)32-21(18(12)19(25)28)27-22(31)26-20(29)16-7-6-15(30-16)13-9-11(23)3-5-14(13)24/h3,5-7,9-10H,2,4,8H2,1H3,(H2,25,28)(H2,26,27,29,31)/t10-/m1/s1. The molecule has 166 valence electrons. The van der Waals surface area contributed by atoms with Crippen LogP contribution in [0.2, 0.25) is 10.0 Å². The lowest BCUT2D eigenvalue weighted by Crippen LogP contribution is -2.34. The molecule has 32 heavy (non-hydrogen) atoms. The number of carbonyl (C=O) groups is 2. The summed E-state index contributed by atoms with van der Waals surface area (Å²) in [6, 6.07) is 8.12. The van der Waals surface area contributed by atoms with Crippen LogP contribution in [0.15, 0.2) is 34.7 Å². The Morgan fingerprint density at radius 3 is 2.78 bits per heavy atom. The number of fused-ring (bicyclic) bond motifs is 1. The summed E-state index contributed by atoms with van der Waals surface area (Å²) in [7, 11) is 0. The van der Waals surface area contributed by atoms with Gasteiger partial charge < -0.3 is 15.5 Å². The molecule has 0 radical (unpaired) electrons. The van der Waals surface area contributed by atoms with Crippen molar-refractivity contribution in [1.29, 1.82) is 0 Å². The number of halogens is 2. The number of hydrogen-bond donors (Lipinski definition) is 3. The molecule has 0 fully saturated rings. The highest BCUT2D eigenvalue weighted by Gasteiger charge is 2.27. The first kappa shape index (κ1) is 22.8. The minimum absolute atomic E-state index is 0.0443. The number of carbonyl (C=O) groups excluding carboxylic acids is 2. The number of primary amides is 1. The average molecular weight is 508 g/mol. The number of benzene rings is 1. The Labute approximate surface area is 204 Å². The Kier molecular flexibility index (Phi) is 6.57. The van der Waals surface area contributed by atoms with E-state index in [1.54, 1.807) is 24.3 Å². The zero-order valence-corrected chi connectivity index (χ0v) is 20.1. The van der Waals surface area contributed by atoms with Crippen molar-refractivity contribution in [3.63, 3.8) is 0 Å². The zero-order valence-electron chi connectivity index (χ0n) is 17.0. The fourth-order valence-electron chi connectivity index (χ4n) is 3.69. The van der Waals surface area contributed by atoms with E-state index in [1.165, 1.54) is 17.4 Å². The molecule has 4 N–H and O–H groups in total. The van der Waals surface area contributed by atoms with E-state index >= 15 is 0 Å². The summed E-state index contributed by atoms with van der Waals surface area (Å²) >= 11 is 19.0. The molecule has 6 nitrogen and oxygen atoms in total. The normalized spacial score (nSPS) is 15.2. The van der Waals surface area contributed by atoms with Crippen molar-refractivity contribution >= 4 is 68.7 Å². The first-order valence-corrected chi connectivity index (χ1v) is 11.8. The van der Waals surface area contributed by atoms with Crippen molar-refractivity contribution in [2.75, 3.05) is 5.32 Å². The number of furan rings is 1. The maximum atomic E-state index is 12.6. The first-order valence-electron chi connectivity index (χ1n) is 9.85. The molecule has 0 spiro atoms. The minimum Gasteiger partial charge on any atom is -0.451 e. The van der Waals surface area contributed by atoms with Gasteiger partial charge in [-0.25, -0.2) is 0 Å². The van der Waals surface area contributed by atoms with E-state index in [2.05, 4.69) is 17.6 Å². The Morgan fingerprint density at radius 1 is 1.25 bits per heavy atom. The van der Waals surface area contributed by atoms with E-state index in [4.69, 9.17) is 45.6 Å². The van der Waals surface area contributed by atoms with Gasteiger partial charge in [0.1, 0.15) is 10.8 Å². The van der Waals surface area contributed by atoms with E-state index in [-0.39, 0.29) is 10.9 Å². The van der Waals surface area contributed by atoms with Crippen LogP contribution in [0, 0.1) is 5.92 Å². The van der Waals surface area contributed by atoms with Gasteiger partial charge in [-0.3, -0.25) is 14.9 Å². The van der Waals surface area contributed by atoms with Crippen LogP contribution in [0.4, 0.5) is 5.00 Å². The maximum absolute atomic E-state index is 12.6. The van der Waals surface area contributed by atoms with Gasteiger partial charge in [-0.1, -0.05) is 30.1 Å². The van der Waals surface area contributed by atoms with E-state index in [1.807, 2.05) is 0 Å². The summed E-state index contributed by atoms with van der Waals surface area (Å²) in [5.74, 6) is -0.0556. The number of thiocarbonyl (C=S) groups is 1. The van der Waals surface area contributed by atoms with E-state index in [9.17, 15) is 9.59 Å². The molecule has 1 aliphatic carbocycles. The van der Waals surface area contributed by atoms with Gasteiger partial charge in [0, 0.05) is 15.5 Å². The van der Waals surface area contributed by atoms with Crippen LogP contribution in [0.1, 0.15) is 44.7 Å². The van der Waals surface area contributed by atoms with Crippen molar-refractivity contribution in [2.24, 2.45) is 11.7 Å². The van der Waals surface area contributed by atoms with Crippen molar-refractivity contribution < 1.29 is 14.0 Å². The molecule has 0 bridgehead atoms. The second kappa shape index (κ2) is 9.23. The second-order valence-electron chi connectivity index (χ2n) is 7.62. The molecule has 0 unspecified atom stereocenters. The summed E-state index contributed by atoms with van der Waals surface area (Å²) in [5, 5.41) is 7.07. The first-order chi connectivity index (χ1) is 15.2. The summed E-state index contributed by atoms with van der Waals surface area (Å²) < 4.78 is 5.64. The van der Waals surface area contributed by atoms with Crippen molar-refractivity contribution in [2.45, 2.75) is 26.2 Å². The Bertz CT molecular complexity index is 1240. The molecule has 1 aromatic carbocycles. The number of nitrogens with two attached hydrogens (primary N) is 1. The molecular formula is C22H19Cl2N3O3S2.